The first-order valence-corrected chi connectivity index (χ1v) is 6.60. The highest BCUT2D eigenvalue weighted by Crippen LogP contribution is 2.32. The monoisotopic (exact) mass is 250 g/mol. The van der Waals surface area contributed by atoms with Crippen LogP contribution >= 0.6 is 0 Å². The number of nitrogens with two attached hydrogens (primary N) is 1. The zero-order chi connectivity index (χ0) is 13.0. The third-order valence-corrected chi connectivity index (χ3v) is 3.60. The van der Waals surface area contributed by atoms with Crippen molar-refractivity contribution in [1.29, 1.82) is 0 Å². The average molecular weight is 250 g/mol. The Balaban J connectivity index is 2.23. The lowest BCUT2D eigenvalue weighted by atomic mass is 9.91. The van der Waals surface area contributed by atoms with E-state index < -0.39 is 0 Å². The normalized spacial score (nSPS) is 15.3. The van der Waals surface area contributed by atoms with Crippen LogP contribution in [-0.2, 0) is 0 Å². The highest BCUT2D eigenvalue weighted by atomic mass is 16.5. The van der Waals surface area contributed by atoms with E-state index in [0.29, 0.717) is 18.5 Å². The number of nitrogens with zero attached hydrogens (tertiary/aromatic N) is 3. The van der Waals surface area contributed by atoms with E-state index in [1.807, 2.05) is 6.92 Å². The molecule has 0 bridgehead atoms. The van der Waals surface area contributed by atoms with Gasteiger partial charge in [0.2, 0.25) is 5.88 Å². The van der Waals surface area contributed by atoms with Crippen molar-refractivity contribution >= 4 is 5.82 Å². The molecule has 1 heterocycles. The minimum Gasteiger partial charge on any atom is -0.481 e. The molecule has 1 aromatic rings. The first-order valence-electron chi connectivity index (χ1n) is 6.60. The summed E-state index contributed by atoms with van der Waals surface area (Å²) in [5, 5.41) is 0. The number of methoxy groups -OCH3 is 1. The molecule has 1 aromatic heterocycles. The first-order chi connectivity index (χ1) is 8.77. The molecule has 2 rings (SSSR count). The molecule has 5 heteroatoms. The van der Waals surface area contributed by atoms with Crippen LogP contribution in [-0.4, -0.2) is 36.2 Å². The van der Waals surface area contributed by atoms with Crippen LogP contribution in [0.4, 0.5) is 5.82 Å². The van der Waals surface area contributed by atoms with Gasteiger partial charge in [-0.2, -0.15) is 0 Å². The highest BCUT2D eigenvalue weighted by Gasteiger charge is 2.27. The lowest BCUT2D eigenvalue weighted by molar-refractivity contribution is 0.376. The van der Waals surface area contributed by atoms with Gasteiger partial charge in [-0.25, -0.2) is 9.97 Å². The summed E-state index contributed by atoms with van der Waals surface area (Å²) in [5.74, 6) is 1.66. The molecule has 5 nitrogen and oxygen atoms in total. The standard InChI is InChI=1S/C13H22N4O/c1-10-12(15-9-16-13(10)18-2)17(8-4-7-14)11-5-3-6-11/h9,11H,3-8,14H2,1-2H3. The molecule has 18 heavy (non-hydrogen) atoms. The van der Waals surface area contributed by atoms with Crippen LogP contribution in [0.1, 0.15) is 31.2 Å². The Kier molecular flexibility index (Phi) is 4.36. The molecule has 0 unspecified atom stereocenters. The summed E-state index contributed by atoms with van der Waals surface area (Å²) >= 11 is 0. The molecule has 0 saturated heterocycles. The molecule has 1 aliphatic rings. The van der Waals surface area contributed by atoms with Gasteiger partial charge in [0.1, 0.15) is 12.1 Å². The molecule has 0 aliphatic heterocycles. The van der Waals surface area contributed by atoms with E-state index >= 15 is 0 Å². The Morgan fingerprint density at radius 3 is 2.78 bits per heavy atom. The van der Waals surface area contributed by atoms with E-state index in [1.54, 1.807) is 13.4 Å². The van der Waals surface area contributed by atoms with E-state index in [-0.39, 0.29) is 0 Å². The van der Waals surface area contributed by atoms with E-state index in [9.17, 15) is 0 Å². The summed E-state index contributed by atoms with van der Waals surface area (Å²) in [4.78, 5) is 10.9. The molecule has 0 radical (unpaired) electrons. The molecule has 2 N–H and O–H groups in total. The SMILES string of the molecule is COc1ncnc(N(CCCN)C2CCC2)c1C. The van der Waals surface area contributed by atoms with Crippen molar-refractivity contribution < 1.29 is 4.74 Å². The second-order valence-corrected chi connectivity index (χ2v) is 4.75. The minimum atomic E-state index is 0.606. The van der Waals surface area contributed by atoms with Crippen molar-refractivity contribution in [2.75, 3.05) is 25.1 Å². The fourth-order valence-electron chi connectivity index (χ4n) is 2.34. The van der Waals surface area contributed by atoms with Gasteiger partial charge in [-0.1, -0.05) is 0 Å². The van der Waals surface area contributed by atoms with Crippen molar-refractivity contribution in [3.8, 4) is 5.88 Å². The number of ether oxygens (including phenoxy) is 1. The third-order valence-electron chi connectivity index (χ3n) is 3.60. The maximum atomic E-state index is 5.62. The molecule has 0 amide bonds. The fourth-order valence-corrected chi connectivity index (χ4v) is 2.34. The molecule has 0 aromatic carbocycles. The van der Waals surface area contributed by atoms with E-state index in [1.165, 1.54) is 19.3 Å². The van der Waals surface area contributed by atoms with Crippen molar-refractivity contribution in [3.05, 3.63) is 11.9 Å². The predicted molar refractivity (Wildman–Crippen MR) is 72.0 cm³/mol. The number of rotatable bonds is 6. The number of hydrogen-bond donors (Lipinski definition) is 1. The van der Waals surface area contributed by atoms with Crippen molar-refractivity contribution in [2.24, 2.45) is 5.73 Å². The van der Waals surface area contributed by atoms with E-state index in [0.717, 1.165) is 24.3 Å². The summed E-state index contributed by atoms with van der Waals surface area (Å²) in [5.41, 5.74) is 6.64. The largest absolute Gasteiger partial charge is 0.481 e. The van der Waals surface area contributed by atoms with Crippen LogP contribution in [0.5, 0.6) is 5.88 Å². The molecule has 100 valence electrons. The molecule has 1 aliphatic carbocycles. The van der Waals surface area contributed by atoms with Gasteiger partial charge in [-0.15, -0.1) is 0 Å². The van der Waals surface area contributed by atoms with Gasteiger partial charge in [-0.05, 0) is 39.2 Å². The van der Waals surface area contributed by atoms with Gasteiger partial charge >= 0.3 is 0 Å². The fraction of sp³-hybridized carbons (Fsp3) is 0.692. The first kappa shape index (κ1) is 13.1. The van der Waals surface area contributed by atoms with Crippen LogP contribution in [0, 0.1) is 6.92 Å². The highest BCUT2D eigenvalue weighted by molar-refractivity contribution is 5.51. The molecule has 0 spiro atoms. The lowest BCUT2D eigenvalue weighted by Gasteiger charge is -2.39. The van der Waals surface area contributed by atoms with Gasteiger partial charge in [0.05, 0.1) is 12.7 Å². The second-order valence-electron chi connectivity index (χ2n) is 4.75. The van der Waals surface area contributed by atoms with Crippen LogP contribution < -0.4 is 15.4 Å². The van der Waals surface area contributed by atoms with E-state index in [4.69, 9.17) is 10.5 Å². The summed E-state index contributed by atoms with van der Waals surface area (Å²) in [6.45, 7) is 3.69. The smallest absolute Gasteiger partial charge is 0.221 e. The van der Waals surface area contributed by atoms with Crippen LogP contribution in [0.25, 0.3) is 0 Å². The Hall–Kier alpha value is -1.36. The summed E-state index contributed by atoms with van der Waals surface area (Å²) < 4.78 is 5.27. The van der Waals surface area contributed by atoms with Crippen molar-refractivity contribution in [2.45, 2.75) is 38.6 Å². The quantitative estimate of drug-likeness (QED) is 0.829. The molecular weight excluding hydrogens is 228 g/mol. The third kappa shape index (κ3) is 2.56. The zero-order valence-electron chi connectivity index (χ0n) is 11.2. The summed E-state index contributed by atoms with van der Waals surface area (Å²) in [7, 11) is 1.65. The lowest BCUT2D eigenvalue weighted by Crippen LogP contribution is -2.42. The van der Waals surface area contributed by atoms with Crippen LogP contribution in [0.2, 0.25) is 0 Å². The van der Waals surface area contributed by atoms with Crippen molar-refractivity contribution in [3.63, 3.8) is 0 Å². The Morgan fingerprint density at radius 1 is 1.44 bits per heavy atom. The zero-order valence-corrected chi connectivity index (χ0v) is 11.2. The average Bonchev–Trinajstić information content (AvgIpc) is 2.32. The predicted octanol–water partition coefficient (Wildman–Crippen LogP) is 1.50. The van der Waals surface area contributed by atoms with Crippen LogP contribution in [0.3, 0.4) is 0 Å². The number of hydrogen-bond acceptors (Lipinski definition) is 5. The Morgan fingerprint density at radius 2 is 2.22 bits per heavy atom. The summed E-state index contributed by atoms with van der Waals surface area (Å²) in [6, 6.07) is 0.606. The van der Waals surface area contributed by atoms with Gasteiger partial charge in [0, 0.05) is 12.6 Å². The maximum Gasteiger partial charge on any atom is 0.221 e. The molecular formula is C13H22N4O. The van der Waals surface area contributed by atoms with Gasteiger partial charge < -0.3 is 15.4 Å². The number of aromatic nitrogens is 2. The second kappa shape index (κ2) is 6.00. The van der Waals surface area contributed by atoms with Gasteiger partial charge in [0.25, 0.3) is 0 Å². The topological polar surface area (TPSA) is 64.3 Å². The number of anilines is 1. The van der Waals surface area contributed by atoms with Crippen LogP contribution in [0.15, 0.2) is 6.33 Å². The molecule has 0 atom stereocenters. The van der Waals surface area contributed by atoms with E-state index in [2.05, 4.69) is 14.9 Å². The maximum absolute atomic E-state index is 5.62. The Labute approximate surface area is 108 Å². The Bertz CT molecular complexity index is 393. The molecule has 1 saturated carbocycles. The summed E-state index contributed by atoms with van der Waals surface area (Å²) in [6.07, 6.45) is 6.37. The minimum absolute atomic E-state index is 0.606. The molecule has 1 fully saturated rings. The van der Waals surface area contributed by atoms with Gasteiger partial charge in [0.15, 0.2) is 0 Å². The van der Waals surface area contributed by atoms with Gasteiger partial charge in [-0.3, -0.25) is 0 Å². The van der Waals surface area contributed by atoms with Crippen molar-refractivity contribution in [1.82, 2.24) is 9.97 Å².